The number of nitrogens with zero attached hydrogens (tertiary/aromatic N) is 2. The second kappa shape index (κ2) is 5.75. The highest BCUT2D eigenvalue weighted by Gasteiger charge is 2.23. The molecule has 0 aliphatic carbocycles. The summed E-state index contributed by atoms with van der Waals surface area (Å²) >= 11 is 5.77. The molecule has 0 aliphatic rings. The van der Waals surface area contributed by atoms with Crippen LogP contribution < -0.4 is 4.90 Å². The summed E-state index contributed by atoms with van der Waals surface area (Å²) in [5.74, 6) is -1.21. The summed E-state index contributed by atoms with van der Waals surface area (Å²) in [5.41, 5.74) is 0.473. The number of amides is 1. The summed E-state index contributed by atoms with van der Waals surface area (Å²) < 4.78 is 4.83. The lowest BCUT2D eigenvalue weighted by molar-refractivity contribution is -0.135. The lowest BCUT2D eigenvalue weighted by atomic mass is 10.2. The molecule has 0 aliphatic heterocycles. The van der Waals surface area contributed by atoms with E-state index in [9.17, 15) is 9.59 Å². The van der Waals surface area contributed by atoms with Crippen LogP contribution in [-0.2, 0) is 4.79 Å². The first kappa shape index (κ1) is 14.1. The highest BCUT2D eigenvalue weighted by Crippen LogP contribution is 2.20. The number of hydrogen-bond donors (Lipinski definition) is 1. The SMILES string of the molecule is Cc1cc(C(=O)N(CC(=O)O)c2ccc(Cl)cc2)no1. The Kier molecular flexibility index (Phi) is 4.05. The molecule has 0 fully saturated rings. The van der Waals surface area contributed by atoms with Crippen LogP contribution in [0.5, 0.6) is 0 Å². The first-order chi connectivity index (χ1) is 9.47. The van der Waals surface area contributed by atoms with Gasteiger partial charge in [-0.15, -0.1) is 0 Å². The van der Waals surface area contributed by atoms with Gasteiger partial charge in [0, 0.05) is 16.8 Å². The predicted molar refractivity (Wildman–Crippen MR) is 72.0 cm³/mol. The van der Waals surface area contributed by atoms with E-state index in [0.717, 1.165) is 4.90 Å². The van der Waals surface area contributed by atoms with Crippen molar-refractivity contribution in [2.75, 3.05) is 11.4 Å². The lowest BCUT2D eigenvalue weighted by Gasteiger charge is -2.19. The summed E-state index contributed by atoms with van der Waals surface area (Å²) in [7, 11) is 0. The van der Waals surface area contributed by atoms with Gasteiger partial charge in [-0.25, -0.2) is 0 Å². The van der Waals surface area contributed by atoms with Gasteiger partial charge < -0.3 is 9.63 Å². The molecule has 0 unspecified atom stereocenters. The molecule has 1 aromatic carbocycles. The fourth-order valence-electron chi connectivity index (χ4n) is 1.64. The molecule has 6 nitrogen and oxygen atoms in total. The number of hydrogen-bond acceptors (Lipinski definition) is 4. The Morgan fingerprint density at radius 2 is 2.00 bits per heavy atom. The van der Waals surface area contributed by atoms with Gasteiger partial charge in [0.05, 0.1) is 0 Å². The van der Waals surface area contributed by atoms with E-state index >= 15 is 0 Å². The minimum atomic E-state index is -1.13. The molecule has 2 rings (SSSR count). The second-order valence-corrected chi connectivity index (χ2v) is 4.52. The molecule has 0 atom stereocenters. The standard InChI is InChI=1S/C13H11ClN2O4/c1-8-6-11(15-20-8)13(19)16(7-12(17)18)10-4-2-9(14)3-5-10/h2-6H,7H2,1H3,(H,17,18). The minimum Gasteiger partial charge on any atom is -0.480 e. The average molecular weight is 295 g/mol. The Bertz CT molecular complexity index is 636. The zero-order valence-electron chi connectivity index (χ0n) is 10.5. The second-order valence-electron chi connectivity index (χ2n) is 4.08. The number of anilines is 1. The molecule has 1 heterocycles. The number of rotatable bonds is 4. The number of carbonyl (C=O) groups excluding carboxylic acids is 1. The molecule has 0 spiro atoms. The third-order valence-corrected chi connectivity index (χ3v) is 2.78. The number of carbonyl (C=O) groups is 2. The molecule has 7 heteroatoms. The van der Waals surface area contributed by atoms with E-state index in [1.54, 1.807) is 31.2 Å². The number of carboxylic acids is 1. The number of carboxylic acid groups (broad SMARTS) is 1. The van der Waals surface area contributed by atoms with Crippen LogP contribution in [-0.4, -0.2) is 28.7 Å². The molecule has 0 saturated carbocycles. The maximum absolute atomic E-state index is 12.3. The maximum Gasteiger partial charge on any atom is 0.323 e. The van der Waals surface area contributed by atoms with Crippen molar-refractivity contribution in [3.05, 3.63) is 46.8 Å². The lowest BCUT2D eigenvalue weighted by Crippen LogP contribution is -2.35. The number of aryl methyl sites for hydroxylation is 1. The van der Waals surface area contributed by atoms with Gasteiger partial charge in [-0.2, -0.15) is 0 Å². The van der Waals surface area contributed by atoms with Crippen LogP contribution in [0.4, 0.5) is 5.69 Å². The Labute approximate surface area is 119 Å². The van der Waals surface area contributed by atoms with Crippen molar-refractivity contribution in [1.82, 2.24) is 5.16 Å². The molecular formula is C13H11ClN2O4. The van der Waals surface area contributed by atoms with Crippen LogP contribution in [0.15, 0.2) is 34.9 Å². The van der Waals surface area contributed by atoms with Gasteiger partial charge in [-0.3, -0.25) is 14.5 Å². The van der Waals surface area contributed by atoms with E-state index < -0.39 is 18.4 Å². The van der Waals surface area contributed by atoms with Crippen LogP contribution in [0.1, 0.15) is 16.2 Å². The molecule has 1 amide bonds. The van der Waals surface area contributed by atoms with Crippen LogP contribution >= 0.6 is 11.6 Å². The van der Waals surface area contributed by atoms with E-state index in [0.29, 0.717) is 16.5 Å². The zero-order valence-corrected chi connectivity index (χ0v) is 11.3. The molecule has 0 bridgehead atoms. The summed E-state index contributed by atoms with van der Waals surface area (Å²) in [6.07, 6.45) is 0. The monoisotopic (exact) mass is 294 g/mol. The van der Waals surface area contributed by atoms with Crippen LogP contribution in [0.3, 0.4) is 0 Å². The maximum atomic E-state index is 12.3. The van der Waals surface area contributed by atoms with Crippen LogP contribution in [0.2, 0.25) is 5.02 Å². The first-order valence-electron chi connectivity index (χ1n) is 5.70. The average Bonchev–Trinajstić information content (AvgIpc) is 2.83. The van der Waals surface area contributed by atoms with Crippen LogP contribution in [0.25, 0.3) is 0 Å². The van der Waals surface area contributed by atoms with Crippen molar-refractivity contribution < 1.29 is 19.2 Å². The Morgan fingerprint density at radius 3 is 2.50 bits per heavy atom. The quantitative estimate of drug-likeness (QED) is 0.936. The first-order valence-corrected chi connectivity index (χ1v) is 6.07. The molecular weight excluding hydrogens is 284 g/mol. The van der Waals surface area contributed by atoms with E-state index in [2.05, 4.69) is 5.16 Å². The zero-order chi connectivity index (χ0) is 14.7. The molecule has 104 valence electrons. The van der Waals surface area contributed by atoms with E-state index in [4.69, 9.17) is 21.2 Å². The molecule has 1 N–H and O–H groups in total. The highest BCUT2D eigenvalue weighted by atomic mass is 35.5. The van der Waals surface area contributed by atoms with Gasteiger partial charge >= 0.3 is 5.97 Å². The normalized spacial score (nSPS) is 10.3. The molecule has 20 heavy (non-hydrogen) atoms. The largest absolute Gasteiger partial charge is 0.480 e. The van der Waals surface area contributed by atoms with Crippen molar-refractivity contribution in [3.8, 4) is 0 Å². The number of aliphatic carboxylic acids is 1. The van der Waals surface area contributed by atoms with Gasteiger partial charge in [-0.1, -0.05) is 16.8 Å². The third kappa shape index (κ3) is 3.16. The Morgan fingerprint density at radius 1 is 1.35 bits per heavy atom. The summed E-state index contributed by atoms with van der Waals surface area (Å²) in [6.45, 7) is 1.17. The third-order valence-electron chi connectivity index (χ3n) is 2.52. The van der Waals surface area contributed by atoms with Gasteiger partial charge in [0.2, 0.25) is 0 Å². The fraction of sp³-hybridized carbons (Fsp3) is 0.154. The van der Waals surface area contributed by atoms with Crippen molar-refractivity contribution in [2.45, 2.75) is 6.92 Å². The smallest absolute Gasteiger partial charge is 0.323 e. The molecule has 1 aromatic heterocycles. The number of benzene rings is 1. The fourth-order valence-corrected chi connectivity index (χ4v) is 1.77. The Balaban J connectivity index is 2.34. The topological polar surface area (TPSA) is 83.6 Å². The van der Waals surface area contributed by atoms with E-state index in [1.165, 1.54) is 6.07 Å². The van der Waals surface area contributed by atoms with Gasteiger partial charge in [0.25, 0.3) is 5.91 Å². The molecule has 0 radical (unpaired) electrons. The van der Waals surface area contributed by atoms with Gasteiger partial charge in [0.1, 0.15) is 12.3 Å². The van der Waals surface area contributed by atoms with E-state index in [1.807, 2.05) is 0 Å². The summed E-state index contributed by atoms with van der Waals surface area (Å²) in [6, 6.07) is 7.74. The van der Waals surface area contributed by atoms with Crippen molar-refractivity contribution in [3.63, 3.8) is 0 Å². The number of aromatic nitrogens is 1. The van der Waals surface area contributed by atoms with Crippen molar-refractivity contribution in [1.29, 1.82) is 0 Å². The summed E-state index contributed by atoms with van der Waals surface area (Å²) in [4.78, 5) is 24.3. The molecule has 0 saturated heterocycles. The summed E-state index contributed by atoms with van der Waals surface area (Å²) in [5, 5.41) is 13.0. The predicted octanol–water partition coefficient (Wildman–Crippen LogP) is 2.37. The minimum absolute atomic E-state index is 0.0544. The number of halogens is 1. The van der Waals surface area contributed by atoms with E-state index in [-0.39, 0.29) is 5.69 Å². The van der Waals surface area contributed by atoms with Gasteiger partial charge in [0.15, 0.2) is 5.69 Å². The van der Waals surface area contributed by atoms with Gasteiger partial charge in [-0.05, 0) is 31.2 Å². The Hall–Kier alpha value is -2.34. The van der Waals surface area contributed by atoms with Crippen LogP contribution in [0, 0.1) is 6.92 Å². The highest BCUT2D eigenvalue weighted by molar-refractivity contribution is 6.30. The van der Waals surface area contributed by atoms with Crippen molar-refractivity contribution in [2.24, 2.45) is 0 Å². The molecule has 2 aromatic rings. The van der Waals surface area contributed by atoms with Crippen molar-refractivity contribution >= 4 is 29.2 Å².